The molecule has 3 heterocycles. The Bertz CT molecular complexity index is 4180. The third-order valence-corrected chi connectivity index (χ3v) is 17.4. The van der Waals surface area contributed by atoms with E-state index in [0.29, 0.717) is 64.5 Å². The fourth-order valence-corrected chi connectivity index (χ4v) is 12.9. The molecule has 14 nitrogen and oxygen atoms in total. The van der Waals surface area contributed by atoms with E-state index in [0.717, 1.165) is 41.0 Å². The highest BCUT2D eigenvalue weighted by Crippen LogP contribution is 2.45. The van der Waals surface area contributed by atoms with Crippen molar-refractivity contribution in [2.75, 3.05) is 40.3 Å². The number of aliphatic carboxylic acids is 2. The van der Waals surface area contributed by atoms with Crippen molar-refractivity contribution in [1.82, 2.24) is 29.6 Å². The zero-order valence-corrected chi connectivity index (χ0v) is 57.9. The Labute approximate surface area is 577 Å². The standard InChI is InChI=1S/C37H41F8N3O4.C35H39F8N3O4/c1-19(2)12-28(48-18-23(8-6-9-47-10-7-11-47)25(16-29(48)49)36(40,41)42)35(52)46-27(17-30(50)51)32-33(38)24(15-26(34(32)39)37(43,44)45)31-21(4)13-20(3)14-22(31)5;1-17(2)10-26(46-16-21(8-9-45(6)7)23(14-27(46)47)34(38,39)40)33(50)44-25(15-28(48)49)30-31(36)22(13-24(32(30)37)35(41,42)43)29-19(4)11-18(3)12-20(29)5/h13-16,18-19,27-28H,6-12,17H2,1-5H3,(H,46,52)(H,50,51);11-14,16-17,25-26H,8-10,15H2,1-7H3,(H,44,50)(H,48,49)/t27-,28?;25-,26?/m00/s1. The molecule has 4 atom stereocenters. The minimum atomic E-state index is -5.37. The second kappa shape index (κ2) is 32.8. The molecular weight excluding hydrogens is 1380 g/mol. The lowest BCUT2D eigenvalue weighted by atomic mass is 9.88. The number of hydrogen-bond donors (Lipinski definition) is 4. The lowest BCUT2D eigenvalue weighted by molar-refractivity contribution is -0.141. The molecule has 2 amide bonds. The third-order valence-electron chi connectivity index (χ3n) is 17.4. The van der Waals surface area contributed by atoms with Crippen LogP contribution >= 0.6 is 0 Å². The van der Waals surface area contributed by atoms with Crippen LogP contribution in [0.1, 0.15) is 168 Å². The number of alkyl halides is 12. The van der Waals surface area contributed by atoms with Crippen molar-refractivity contribution in [2.24, 2.45) is 11.8 Å². The highest BCUT2D eigenvalue weighted by molar-refractivity contribution is 5.83. The number of benzene rings is 4. The Hall–Kier alpha value is -8.54. The molecule has 102 heavy (non-hydrogen) atoms. The van der Waals surface area contributed by atoms with Gasteiger partial charge in [0, 0.05) is 53.3 Å². The average molecular weight is 1460 g/mol. The second-order valence-corrected chi connectivity index (χ2v) is 26.9. The Balaban J connectivity index is 0.000000321. The summed E-state index contributed by atoms with van der Waals surface area (Å²) in [4.78, 5) is 81.8. The Morgan fingerprint density at radius 1 is 0.500 bits per heavy atom. The van der Waals surface area contributed by atoms with Gasteiger partial charge in [-0.05, 0) is 182 Å². The van der Waals surface area contributed by atoms with Gasteiger partial charge in [0.2, 0.25) is 11.8 Å². The maximum atomic E-state index is 16.5. The molecule has 1 aliphatic heterocycles. The van der Waals surface area contributed by atoms with Crippen LogP contribution in [0.5, 0.6) is 0 Å². The van der Waals surface area contributed by atoms with Gasteiger partial charge in [0.15, 0.2) is 0 Å². The van der Waals surface area contributed by atoms with Crippen molar-refractivity contribution in [3.8, 4) is 22.3 Å². The topological polar surface area (TPSA) is 183 Å². The predicted octanol–water partition coefficient (Wildman–Crippen LogP) is 16.1. The van der Waals surface area contributed by atoms with Crippen molar-refractivity contribution in [2.45, 2.75) is 169 Å². The maximum Gasteiger partial charge on any atom is 0.419 e. The molecule has 558 valence electrons. The lowest BCUT2D eigenvalue weighted by Crippen LogP contribution is -2.41. The monoisotopic (exact) mass is 1460 g/mol. The fraction of sp³-hybridized carbons (Fsp3) is 0.472. The Kier molecular flexibility index (Phi) is 26.5. The van der Waals surface area contributed by atoms with E-state index in [9.17, 15) is 91.7 Å². The summed E-state index contributed by atoms with van der Waals surface area (Å²) < 4.78 is 235. The number of carbonyl (C=O) groups is 4. The number of aromatic nitrogens is 2. The molecule has 6 aromatic rings. The van der Waals surface area contributed by atoms with Crippen LogP contribution in [0.2, 0.25) is 0 Å². The molecule has 0 bridgehead atoms. The van der Waals surface area contributed by atoms with Gasteiger partial charge >= 0.3 is 36.6 Å². The highest BCUT2D eigenvalue weighted by atomic mass is 19.4. The number of likely N-dealkylation sites (tertiary alicyclic amines) is 1. The van der Waals surface area contributed by atoms with Gasteiger partial charge in [0.1, 0.15) is 35.4 Å². The molecule has 2 aromatic heterocycles. The number of carboxylic acids is 2. The number of nitrogens with zero attached hydrogens (tertiary/aromatic N) is 4. The van der Waals surface area contributed by atoms with Crippen molar-refractivity contribution >= 4 is 23.8 Å². The molecule has 1 fully saturated rings. The number of amides is 2. The molecule has 2 unspecified atom stereocenters. The number of hydrogen-bond acceptors (Lipinski definition) is 8. The number of carboxylic acid groups (broad SMARTS) is 2. The summed E-state index contributed by atoms with van der Waals surface area (Å²) in [6.07, 6.45) is -20.8. The van der Waals surface area contributed by atoms with Crippen LogP contribution in [0.3, 0.4) is 0 Å². The molecule has 7 rings (SSSR count). The van der Waals surface area contributed by atoms with Gasteiger partial charge in [0.05, 0.1) is 47.2 Å². The predicted molar refractivity (Wildman–Crippen MR) is 348 cm³/mol. The molecular formula is C72H80F16N6O8. The molecule has 0 saturated carbocycles. The van der Waals surface area contributed by atoms with E-state index in [1.165, 1.54) is 27.7 Å². The van der Waals surface area contributed by atoms with Crippen molar-refractivity contribution < 1.29 is 99.6 Å². The van der Waals surface area contributed by atoms with Gasteiger partial charge in [-0.25, -0.2) is 17.6 Å². The maximum absolute atomic E-state index is 16.5. The lowest BCUT2D eigenvalue weighted by Gasteiger charge is -2.30. The molecule has 0 radical (unpaired) electrons. The van der Waals surface area contributed by atoms with Gasteiger partial charge in [-0.2, -0.15) is 52.7 Å². The zero-order valence-electron chi connectivity index (χ0n) is 57.9. The van der Waals surface area contributed by atoms with E-state index < -0.39 is 176 Å². The van der Waals surface area contributed by atoms with Gasteiger partial charge in [-0.3, -0.25) is 28.8 Å². The number of halogens is 16. The van der Waals surface area contributed by atoms with Crippen LogP contribution in [-0.2, 0) is 56.7 Å². The summed E-state index contributed by atoms with van der Waals surface area (Å²) in [5.41, 5.74) is -10.6. The van der Waals surface area contributed by atoms with Crippen LogP contribution in [0.15, 0.2) is 70.5 Å². The van der Waals surface area contributed by atoms with E-state index in [-0.39, 0.29) is 60.5 Å². The van der Waals surface area contributed by atoms with Gasteiger partial charge in [-0.1, -0.05) is 63.1 Å². The molecule has 30 heteroatoms. The van der Waals surface area contributed by atoms with E-state index in [4.69, 9.17) is 0 Å². The van der Waals surface area contributed by atoms with Gasteiger partial charge in [-0.15, -0.1) is 0 Å². The highest BCUT2D eigenvalue weighted by Gasteiger charge is 2.44. The number of aryl methyl sites for hydroxylation is 7. The van der Waals surface area contributed by atoms with Gasteiger partial charge in [0.25, 0.3) is 11.1 Å². The summed E-state index contributed by atoms with van der Waals surface area (Å²) in [7, 11) is 3.22. The quantitative estimate of drug-likeness (QED) is 0.0402. The normalized spacial score (nSPS) is 14.3. The number of likely N-dealkylation sites (N-methyl/N-ethyl adjacent to an activating group) is 1. The first-order chi connectivity index (χ1) is 47.0. The van der Waals surface area contributed by atoms with Crippen molar-refractivity contribution in [3.63, 3.8) is 0 Å². The van der Waals surface area contributed by atoms with Crippen LogP contribution in [0, 0.1) is 76.6 Å². The largest absolute Gasteiger partial charge is 0.481 e. The molecule has 4 aromatic carbocycles. The average Bonchev–Trinajstić information content (AvgIpc) is 0.753. The number of carbonyl (C=O) groups excluding carboxylic acids is 2. The molecule has 4 N–H and O–H groups in total. The second-order valence-electron chi connectivity index (χ2n) is 26.9. The zero-order chi connectivity index (χ0) is 76.9. The van der Waals surface area contributed by atoms with E-state index in [1.807, 2.05) is 4.90 Å². The van der Waals surface area contributed by atoms with Crippen LogP contribution in [-0.4, -0.2) is 93.2 Å². The van der Waals surface area contributed by atoms with Crippen LogP contribution < -0.4 is 21.8 Å². The SMILES string of the molecule is Cc1cc(C)c(-c2cc(C(F)(F)F)c(F)c([C@H](CC(=O)O)NC(=O)C(CC(C)C)n3cc(CCCN4CCC4)c(C(F)(F)F)cc3=O)c2F)c(C)c1.Cc1cc(C)c(-c2cc(C(F)(F)F)c(F)c([C@H](CC(=O)O)NC(=O)C(CC(C)C)n3cc(CCN(C)C)c(C(F)(F)F)cc3=O)c2F)c(C)c1. The number of nitrogens with one attached hydrogen (secondary N) is 2. The first-order valence-corrected chi connectivity index (χ1v) is 32.4. The van der Waals surface area contributed by atoms with Crippen LogP contribution in [0.25, 0.3) is 22.3 Å². The molecule has 1 saturated heterocycles. The third kappa shape index (κ3) is 20.2. The van der Waals surface area contributed by atoms with E-state index in [2.05, 4.69) is 10.6 Å². The number of rotatable bonds is 25. The first kappa shape index (κ1) is 82.4. The van der Waals surface area contributed by atoms with E-state index in [1.54, 1.807) is 84.8 Å². The van der Waals surface area contributed by atoms with Gasteiger partial charge < -0.3 is 39.8 Å². The minimum Gasteiger partial charge on any atom is -0.481 e. The summed E-state index contributed by atoms with van der Waals surface area (Å²) in [5, 5.41) is 23.7. The summed E-state index contributed by atoms with van der Waals surface area (Å²) >= 11 is 0. The van der Waals surface area contributed by atoms with Crippen LogP contribution in [0.4, 0.5) is 70.2 Å². The summed E-state index contributed by atoms with van der Waals surface area (Å²) in [6, 6.07) is -0.173. The molecule has 1 aliphatic rings. The minimum absolute atomic E-state index is 0.000467. The summed E-state index contributed by atoms with van der Waals surface area (Å²) in [5.74, 6) is -14.1. The summed E-state index contributed by atoms with van der Waals surface area (Å²) in [6.45, 7) is 18.2. The number of pyridine rings is 2. The van der Waals surface area contributed by atoms with Crippen molar-refractivity contribution in [1.29, 1.82) is 0 Å². The smallest absolute Gasteiger partial charge is 0.419 e. The van der Waals surface area contributed by atoms with E-state index >= 15 is 17.6 Å². The fourth-order valence-electron chi connectivity index (χ4n) is 12.9. The molecule has 0 spiro atoms. The molecule has 0 aliphatic carbocycles. The Morgan fingerprint density at radius 3 is 1.12 bits per heavy atom. The van der Waals surface area contributed by atoms with Crippen molar-refractivity contribution in [3.05, 3.63) is 183 Å². The first-order valence-electron chi connectivity index (χ1n) is 32.4. The Morgan fingerprint density at radius 2 is 0.833 bits per heavy atom.